The number of carboxylic acids is 1. The zero-order valence-corrected chi connectivity index (χ0v) is 11.9. The molecule has 2 heterocycles. The lowest BCUT2D eigenvalue weighted by atomic mass is 10.1. The first-order valence-corrected chi connectivity index (χ1v) is 6.68. The van der Waals surface area contributed by atoms with Crippen molar-refractivity contribution in [2.45, 2.75) is 39.7 Å². The summed E-state index contributed by atoms with van der Waals surface area (Å²) in [7, 11) is 0. The van der Waals surface area contributed by atoms with Crippen LogP contribution in [0.1, 0.15) is 48.8 Å². The Labute approximate surface area is 117 Å². The van der Waals surface area contributed by atoms with Gasteiger partial charge in [-0.05, 0) is 19.8 Å². The van der Waals surface area contributed by atoms with E-state index in [1.165, 1.54) is 0 Å². The molecule has 0 saturated carbocycles. The van der Waals surface area contributed by atoms with Crippen LogP contribution in [0, 0.1) is 6.92 Å². The van der Waals surface area contributed by atoms with Gasteiger partial charge < -0.3 is 5.11 Å². The highest BCUT2D eigenvalue weighted by Crippen LogP contribution is 2.25. The second-order valence-electron chi connectivity index (χ2n) is 4.64. The number of rotatable bonds is 5. The van der Waals surface area contributed by atoms with Gasteiger partial charge in [-0.25, -0.2) is 4.79 Å². The van der Waals surface area contributed by atoms with E-state index in [1.807, 2.05) is 0 Å². The van der Waals surface area contributed by atoms with E-state index in [0.717, 1.165) is 12.8 Å². The summed E-state index contributed by atoms with van der Waals surface area (Å²) in [5, 5.41) is 13.8. The molecule has 0 aliphatic rings. The van der Waals surface area contributed by atoms with Gasteiger partial charge >= 0.3 is 5.97 Å². The number of carboxylic acid groups (broad SMARTS) is 1. The summed E-state index contributed by atoms with van der Waals surface area (Å²) in [5.41, 5.74) is 1.75. The van der Waals surface area contributed by atoms with Crippen LogP contribution in [0.2, 0.25) is 0 Å². The van der Waals surface area contributed by atoms with Gasteiger partial charge in [-0.1, -0.05) is 13.8 Å². The molecule has 0 fully saturated rings. The zero-order chi connectivity index (χ0) is 14.7. The van der Waals surface area contributed by atoms with Crippen molar-refractivity contribution in [1.82, 2.24) is 19.7 Å². The van der Waals surface area contributed by atoms with Crippen molar-refractivity contribution in [3.63, 3.8) is 0 Å². The van der Waals surface area contributed by atoms with Crippen molar-refractivity contribution < 1.29 is 9.90 Å². The molecule has 0 saturated heterocycles. The molecule has 6 heteroatoms. The molecule has 0 bridgehead atoms. The molecule has 2 rings (SSSR count). The maximum atomic E-state index is 11.4. The number of hydrogen-bond acceptors (Lipinski definition) is 4. The quantitative estimate of drug-likeness (QED) is 0.906. The fourth-order valence-electron chi connectivity index (χ4n) is 2.21. The summed E-state index contributed by atoms with van der Waals surface area (Å²) in [6, 6.07) is 0.193. The van der Waals surface area contributed by atoms with Gasteiger partial charge in [0.1, 0.15) is 17.0 Å². The van der Waals surface area contributed by atoms with Crippen molar-refractivity contribution in [3.05, 3.63) is 29.8 Å². The Morgan fingerprint density at radius 1 is 1.25 bits per heavy atom. The first-order chi connectivity index (χ1) is 9.58. The summed E-state index contributed by atoms with van der Waals surface area (Å²) in [5.74, 6) is -0.998. The largest absolute Gasteiger partial charge is 0.478 e. The van der Waals surface area contributed by atoms with E-state index < -0.39 is 5.97 Å². The summed E-state index contributed by atoms with van der Waals surface area (Å²) >= 11 is 0. The predicted octanol–water partition coefficient (Wildman–Crippen LogP) is 2.71. The predicted molar refractivity (Wildman–Crippen MR) is 74.6 cm³/mol. The van der Waals surface area contributed by atoms with Crippen LogP contribution in [0.3, 0.4) is 0 Å². The van der Waals surface area contributed by atoms with Gasteiger partial charge in [0.2, 0.25) is 0 Å². The van der Waals surface area contributed by atoms with Gasteiger partial charge in [-0.15, -0.1) is 0 Å². The molecule has 0 spiro atoms. The third-order valence-electron chi connectivity index (χ3n) is 3.38. The molecule has 20 heavy (non-hydrogen) atoms. The van der Waals surface area contributed by atoms with Crippen LogP contribution in [-0.4, -0.2) is 30.8 Å². The molecule has 0 aromatic carbocycles. The summed E-state index contributed by atoms with van der Waals surface area (Å²) < 4.78 is 1.73. The van der Waals surface area contributed by atoms with Gasteiger partial charge in [0.05, 0.1) is 11.7 Å². The number of aromatic nitrogens is 4. The number of aromatic carboxylic acids is 1. The minimum atomic E-state index is -0.998. The Balaban J connectivity index is 2.57. The van der Waals surface area contributed by atoms with E-state index in [9.17, 15) is 9.90 Å². The van der Waals surface area contributed by atoms with E-state index in [1.54, 1.807) is 30.2 Å². The zero-order valence-electron chi connectivity index (χ0n) is 11.9. The van der Waals surface area contributed by atoms with Crippen LogP contribution < -0.4 is 0 Å². The molecule has 2 aromatic heterocycles. The minimum Gasteiger partial charge on any atom is -0.478 e. The van der Waals surface area contributed by atoms with Crippen LogP contribution in [0.4, 0.5) is 0 Å². The molecular weight excluding hydrogens is 256 g/mol. The van der Waals surface area contributed by atoms with Crippen LogP contribution in [-0.2, 0) is 0 Å². The average molecular weight is 274 g/mol. The molecule has 0 atom stereocenters. The fraction of sp³-hybridized carbons (Fsp3) is 0.429. The smallest absolute Gasteiger partial charge is 0.339 e. The average Bonchev–Trinajstić information content (AvgIpc) is 2.86. The highest BCUT2D eigenvalue weighted by molar-refractivity contribution is 5.94. The summed E-state index contributed by atoms with van der Waals surface area (Å²) in [4.78, 5) is 19.8. The molecule has 6 nitrogen and oxygen atoms in total. The van der Waals surface area contributed by atoms with Crippen LogP contribution in [0.25, 0.3) is 11.4 Å². The molecule has 2 aromatic rings. The maximum Gasteiger partial charge on any atom is 0.339 e. The summed E-state index contributed by atoms with van der Waals surface area (Å²) in [6.07, 6.45) is 6.51. The van der Waals surface area contributed by atoms with E-state index in [0.29, 0.717) is 17.1 Å². The molecule has 0 radical (unpaired) electrons. The maximum absolute atomic E-state index is 11.4. The van der Waals surface area contributed by atoms with Gasteiger partial charge in [0, 0.05) is 18.6 Å². The number of hydrogen-bond donors (Lipinski definition) is 1. The molecular formula is C14H18N4O2. The molecule has 0 unspecified atom stereocenters. The topological polar surface area (TPSA) is 80.9 Å². The Morgan fingerprint density at radius 2 is 1.90 bits per heavy atom. The summed E-state index contributed by atoms with van der Waals surface area (Å²) in [6.45, 7) is 5.91. The monoisotopic (exact) mass is 274 g/mol. The molecule has 0 aliphatic carbocycles. The van der Waals surface area contributed by atoms with Crippen molar-refractivity contribution >= 4 is 5.97 Å². The van der Waals surface area contributed by atoms with Crippen molar-refractivity contribution in [2.24, 2.45) is 0 Å². The lowest BCUT2D eigenvalue weighted by Gasteiger charge is -2.12. The second-order valence-corrected chi connectivity index (χ2v) is 4.64. The van der Waals surface area contributed by atoms with Gasteiger partial charge in [-0.3, -0.25) is 14.6 Å². The third kappa shape index (κ3) is 2.54. The Morgan fingerprint density at radius 3 is 2.45 bits per heavy atom. The van der Waals surface area contributed by atoms with Crippen LogP contribution in [0.15, 0.2) is 18.6 Å². The minimum absolute atomic E-state index is 0.167. The highest BCUT2D eigenvalue weighted by atomic mass is 16.4. The van der Waals surface area contributed by atoms with E-state index >= 15 is 0 Å². The fourth-order valence-corrected chi connectivity index (χ4v) is 2.21. The van der Waals surface area contributed by atoms with Crippen molar-refractivity contribution in [3.8, 4) is 11.4 Å². The lowest BCUT2D eigenvalue weighted by molar-refractivity contribution is 0.0697. The molecule has 0 aliphatic heterocycles. The van der Waals surface area contributed by atoms with Crippen LogP contribution in [0.5, 0.6) is 0 Å². The van der Waals surface area contributed by atoms with E-state index in [2.05, 4.69) is 28.9 Å². The first-order valence-electron chi connectivity index (χ1n) is 6.68. The molecule has 106 valence electrons. The Hall–Kier alpha value is -2.24. The Bertz CT molecular complexity index is 617. The van der Waals surface area contributed by atoms with Crippen molar-refractivity contribution in [2.75, 3.05) is 0 Å². The van der Waals surface area contributed by atoms with Crippen molar-refractivity contribution in [1.29, 1.82) is 0 Å². The number of nitrogens with zero attached hydrogens (tertiary/aromatic N) is 4. The standard InChI is InChI=1S/C14H18N4O2/c1-4-10(5-2)18-8-11(14(19)20)13(17-18)12-9(3)15-6-7-16-12/h6-8,10H,4-5H2,1-3H3,(H,19,20). The molecule has 0 amide bonds. The van der Waals surface area contributed by atoms with Gasteiger partial charge in [0.25, 0.3) is 0 Å². The third-order valence-corrected chi connectivity index (χ3v) is 3.38. The lowest BCUT2D eigenvalue weighted by Crippen LogP contribution is -2.07. The van der Waals surface area contributed by atoms with E-state index in [-0.39, 0.29) is 11.6 Å². The van der Waals surface area contributed by atoms with Crippen LogP contribution >= 0.6 is 0 Å². The second kappa shape index (κ2) is 5.81. The first kappa shape index (κ1) is 14.2. The Kier molecular flexibility index (Phi) is 4.12. The van der Waals surface area contributed by atoms with E-state index in [4.69, 9.17) is 0 Å². The normalized spacial score (nSPS) is 11.0. The number of carbonyl (C=O) groups is 1. The van der Waals surface area contributed by atoms with Gasteiger partial charge in [-0.2, -0.15) is 5.10 Å². The molecule has 1 N–H and O–H groups in total. The van der Waals surface area contributed by atoms with Gasteiger partial charge in [0.15, 0.2) is 0 Å². The highest BCUT2D eigenvalue weighted by Gasteiger charge is 2.21. The SMILES string of the molecule is CCC(CC)n1cc(C(=O)O)c(-c2nccnc2C)n1. The number of aryl methyl sites for hydroxylation is 1.